The number of ketones is 1. The van der Waals surface area contributed by atoms with E-state index in [4.69, 9.17) is 4.74 Å². The van der Waals surface area contributed by atoms with Crippen LogP contribution >= 0.6 is 0 Å². The topological polar surface area (TPSA) is 26.3 Å². The van der Waals surface area contributed by atoms with Gasteiger partial charge in [0.1, 0.15) is 11.4 Å². The molecular formula is C14H17FO2. The first-order chi connectivity index (χ1) is 8.09. The maximum atomic E-state index is 13.5. The molecule has 0 atom stereocenters. The van der Waals surface area contributed by atoms with Crippen molar-refractivity contribution >= 4 is 5.78 Å². The fourth-order valence-electron chi connectivity index (χ4n) is 2.47. The Hall–Kier alpha value is -1.22. The Balaban J connectivity index is 2.32. The van der Waals surface area contributed by atoms with Crippen LogP contribution in [0.25, 0.3) is 0 Å². The van der Waals surface area contributed by atoms with Gasteiger partial charge in [0.25, 0.3) is 0 Å². The fourth-order valence-corrected chi connectivity index (χ4v) is 2.47. The van der Waals surface area contributed by atoms with Crippen LogP contribution in [0.3, 0.4) is 0 Å². The summed E-state index contributed by atoms with van der Waals surface area (Å²) >= 11 is 0. The number of halogens is 1. The van der Waals surface area contributed by atoms with Crippen molar-refractivity contribution in [1.29, 1.82) is 0 Å². The Morgan fingerprint density at radius 2 is 2.00 bits per heavy atom. The number of Topliss-reactive ketones (excluding diaryl/α,β-unsaturated/α-hetero) is 1. The van der Waals surface area contributed by atoms with Crippen LogP contribution in [0.1, 0.15) is 41.6 Å². The van der Waals surface area contributed by atoms with Gasteiger partial charge >= 0.3 is 0 Å². The standard InChI is InChI=1S/C14H17FO2/c1-10-5-6-11(9-12(10)15)13(16)14(17-2)7-3-4-8-14/h5-6,9H,3-4,7-8H2,1-2H3. The third-order valence-corrected chi connectivity index (χ3v) is 3.65. The van der Waals surface area contributed by atoms with Gasteiger partial charge in [-0.1, -0.05) is 12.1 Å². The van der Waals surface area contributed by atoms with E-state index in [-0.39, 0.29) is 11.6 Å². The Morgan fingerprint density at radius 3 is 2.53 bits per heavy atom. The molecule has 0 unspecified atom stereocenters. The first-order valence-electron chi connectivity index (χ1n) is 5.95. The van der Waals surface area contributed by atoms with Crippen molar-refractivity contribution in [2.75, 3.05) is 7.11 Å². The van der Waals surface area contributed by atoms with Gasteiger partial charge in [-0.3, -0.25) is 4.79 Å². The third-order valence-electron chi connectivity index (χ3n) is 3.65. The Morgan fingerprint density at radius 1 is 1.35 bits per heavy atom. The molecule has 17 heavy (non-hydrogen) atoms. The van der Waals surface area contributed by atoms with E-state index in [1.54, 1.807) is 26.2 Å². The minimum Gasteiger partial charge on any atom is -0.370 e. The van der Waals surface area contributed by atoms with E-state index in [1.807, 2.05) is 0 Å². The normalized spacial score (nSPS) is 18.3. The Bertz CT molecular complexity index is 434. The SMILES string of the molecule is COC1(C(=O)c2ccc(C)c(F)c2)CCCC1. The lowest BCUT2D eigenvalue weighted by Crippen LogP contribution is -2.37. The monoisotopic (exact) mass is 236 g/mol. The summed E-state index contributed by atoms with van der Waals surface area (Å²) in [6.07, 6.45) is 3.46. The van der Waals surface area contributed by atoms with Crippen molar-refractivity contribution in [3.05, 3.63) is 35.1 Å². The molecule has 0 bridgehead atoms. The second-order valence-corrected chi connectivity index (χ2v) is 4.70. The maximum Gasteiger partial charge on any atom is 0.194 e. The molecule has 2 rings (SSSR count). The summed E-state index contributed by atoms with van der Waals surface area (Å²) in [5, 5.41) is 0. The van der Waals surface area contributed by atoms with Crippen molar-refractivity contribution in [2.45, 2.75) is 38.2 Å². The lowest BCUT2D eigenvalue weighted by molar-refractivity contribution is 0.00599. The molecule has 1 aliphatic rings. The second kappa shape index (κ2) is 4.57. The largest absolute Gasteiger partial charge is 0.370 e. The number of ether oxygens (including phenoxy) is 1. The minimum absolute atomic E-state index is 0.0867. The van der Waals surface area contributed by atoms with Crippen molar-refractivity contribution in [1.82, 2.24) is 0 Å². The zero-order valence-corrected chi connectivity index (χ0v) is 10.3. The van der Waals surface area contributed by atoms with Crippen molar-refractivity contribution < 1.29 is 13.9 Å². The highest BCUT2D eigenvalue weighted by Crippen LogP contribution is 2.35. The van der Waals surface area contributed by atoms with Gasteiger partial charge in [-0.2, -0.15) is 0 Å². The van der Waals surface area contributed by atoms with Crippen LogP contribution in [0, 0.1) is 12.7 Å². The van der Waals surface area contributed by atoms with Crippen molar-refractivity contribution in [3.63, 3.8) is 0 Å². The van der Waals surface area contributed by atoms with Gasteiger partial charge in [-0.05, 0) is 44.2 Å². The van der Waals surface area contributed by atoms with Gasteiger partial charge in [-0.25, -0.2) is 4.39 Å². The summed E-state index contributed by atoms with van der Waals surface area (Å²) in [6, 6.07) is 4.64. The molecule has 0 spiro atoms. The first kappa shape index (κ1) is 12.2. The molecule has 0 aromatic heterocycles. The molecule has 1 saturated carbocycles. The highest BCUT2D eigenvalue weighted by Gasteiger charge is 2.41. The highest BCUT2D eigenvalue weighted by atomic mass is 19.1. The summed E-state index contributed by atoms with van der Waals surface area (Å²) in [6.45, 7) is 1.69. The average molecular weight is 236 g/mol. The van der Waals surface area contributed by atoms with Crippen LogP contribution in [0.4, 0.5) is 4.39 Å². The summed E-state index contributed by atoms with van der Waals surface area (Å²) in [5.41, 5.74) is 0.248. The van der Waals surface area contributed by atoms with Crippen LogP contribution < -0.4 is 0 Å². The second-order valence-electron chi connectivity index (χ2n) is 4.70. The number of rotatable bonds is 3. The van der Waals surface area contributed by atoms with E-state index in [9.17, 15) is 9.18 Å². The fraction of sp³-hybridized carbons (Fsp3) is 0.500. The number of carbonyl (C=O) groups is 1. The summed E-state index contributed by atoms with van der Waals surface area (Å²) in [7, 11) is 1.56. The molecule has 1 aliphatic carbocycles. The molecule has 0 N–H and O–H groups in total. The van der Waals surface area contributed by atoms with E-state index in [0.717, 1.165) is 25.7 Å². The van der Waals surface area contributed by atoms with Crippen LogP contribution in [-0.2, 0) is 4.74 Å². The Labute approximate surface area is 101 Å². The molecule has 0 heterocycles. The molecule has 1 aromatic rings. The smallest absolute Gasteiger partial charge is 0.194 e. The van der Waals surface area contributed by atoms with Gasteiger partial charge in [0, 0.05) is 12.7 Å². The van der Waals surface area contributed by atoms with Gasteiger partial charge < -0.3 is 4.74 Å². The molecule has 1 aromatic carbocycles. The third kappa shape index (κ3) is 2.12. The van der Waals surface area contributed by atoms with Crippen LogP contribution in [0.15, 0.2) is 18.2 Å². The molecule has 0 radical (unpaired) electrons. The lowest BCUT2D eigenvalue weighted by Gasteiger charge is -2.25. The maximum absolute atomic E-state index is 13.5. The van der Waals surface area contributed by atoms with E-state index in [1.165, 1.54) is 6.07 Å². The summed E-state index contributed by atoms with van der Waals surface area (Å²) in [4.78, 5) is 12.4. The highest BCUT2D eigenvalue weighted by molar-refractivity contribution is 6.02. The van der Waals surface area contributed by atoms with E-state index >= 15 is 0 Å². The molecule has 0 saturated heterocycles. The summed E-state index contributed by atoms with van der Waals surface area (Å²) in [5.74, 6) is -0.420. The number of hydrogen-bond donors (Lipinski definition) is 0. The number of aryl methyl sites for hydroxylation is 1. The number of benzene rings is 1. The number of methoxy groups -OCH3 is 1. The molecule has 92 valence electrons. The zero-order chi connectivity index (χ0) is 12.5. The predicted octanol–water partition coefficient (Wildman–Crippen LogP) is 3.28. The minimum atomic E-state index is -0.721. The molecule has 1 fully saturated rings. The van der Waals surface area contributed by atoms with Gasteiger partial charge in [0.05, 0.1) is 0 Å². The first-order valence-corrected chi connectivity index (χ1v) is 5.95. The van der Waals surface area contributed by atoms with Gasteiger partial charge in [0.2, 0.25) is 0 Å². The van der Waals surface area contributed by atoms with Crippen molar-refractivity contribution in [3.8, 4) is 0 Å². The quantitative estimate of drug-likeness (QED) is 0.753. The van der Waals surface area contributed by atoms with Crippen LogP contribution in [0.5, 0.6) is 0 Å². The Kier molecular flexibility index (Phi) is 3.29. The number of carbonyl (C=O) groups excluding carboxylic acids is 1. The average Bonchev–Trinajstić information content (AvgIpc) is 2.81. The van der Waals surface area contributed by atoms with Gasteiger partial charge in [0.15, 0.2) is 5.78 Å². The van der Waals surface area contributed by atoms with Gasteiger partial charge in [-0.15, -0.1) is 0 Å². The van der Waals surface area contributed by atoms with E-state index in [0.29, 0.717) is 11.1 Å². The zero-order valence-electron chi connectivity index (χ0n) is 10.3. The van der Waals surface area contributed by atoms with Crippen LogP contribution in [0.2, 0.25) is 0 Å². The molecular weight excluding hydrogens is 219 g/mol. The molecule has 3 heteroatoms. The molecule has 0 aliphatic heterocycles. The van der Waals surface area contributed by atoms with E-state index < -0.39 is 5.60 Å². The molecule has 0 amide bonds. The van der Waals surface area contributed by atoms with E-state index in [2.05, 4.69) is 0 Å². The van der Waals surface area contributed by atoms with Crippen molar-refractivity contribution in [2.24, 2.45) is 0 Å². The number of hydrogen-bond acceptors (Lipinski definition) is 2. The van der Waals surface area contributed by atoms with Crippen LogP contribution in [-0.4, -0.2) is 18.5 Å². The summed E-state index contributed by atoms with van der Waals surface area (Å²) < 4.78 is 18.9. The predicted molar refractivity (Wildman–Crippen MR) is 63.7 cm³/mol. The molecule has 2 nitrogen and oxygen atoms in total. The lowest BCUT2D eigenvalue weighted by atomic mass is 9.90.